The summed E-state index contributed by atoms with van der Waals surface area (Å²) in [6.45, 7) is -3.26. The minimum absolute atomic E-state index is 0. The first-order chi connectivity index (χ1) is 9.77. The van der Waals surface area contributed by atoms with Crippen molar-refractivity contribution in [1.29, 1.82) is 0 Å². The van der Waals surface area contributed by atoms with Crippen LogP contribution in [0, 0.1) is 0 Å². The number of halogens is 12. The van der Waals surface area contributed by atoms with Gasteiger partial charge >= 0.3 is 24.7 Å². The molecule has 0 unspecified atom stereocenters. The van der Waals surface area contributed by atoms with Gasteiger partial charge in [-0.15, -0.1) is 0 Å². The van der Waals surface area contributed by atoms with Crippen LogP contribution < -0.4 is 11.9 Å². The van der Waals surface area contributed by atoms with E-state index in [-0.39, 0.29) is 11.6 Å². The highest BCUT2D eigenvalue weighted by atomic mass is 19.4. The largest absolute Gasteiger partial charge is 0.428 e. The van der Waals surface area contributed by atoms with Gasteiger partial charge < -0.3 is 27.2 Å². The van der Waals surface area contributed by atoms with Gasteiger partial charge in [-0.2, -0.15) is 52.7 Å². The minimum atomic E-state index is -5.81. The first kappa shape index (κ1) is 28.8. The molecule has 0 bridgehead atoms. The molecule has 0 saturated carbocycles. The zero-order valence-corrected chi connectivity index (χ0v) is 11.6. The molecule has 0 aromatic heterocycles. The summed E-state index contributed by atoms with van der Waals surface area (Å²) in [4.78, 5) is 0. The smallest absolute Gasteiger partial charge is 0.412 e. The molecule has 156 valence electrons. The van der Waals surface area contributed by atoms with E-state index < -0.39 is 49.1 Å². The number of alkyl halides is 12. The number of ether oxygens (including phenoxy) is 1. The fourth-order valence-electron chi connectivity index (χ4n) is 0.952. The normalized spacial score (nSPS) is 17.5. The van der Waals surface area contributed by atoms with E-state index in [9.17, 15) is 52.7 Å². The van der Waals surface area contributed by atoms with Crippen molar-refractivity contribution in [3.05, 3.63) is 0 Å². The van der Waals surface area contributed by atoms with E-state index >= 15 is 0 Å². The molecule has 1 rings (SSSR count). The molecule has 1 saturated heterocycles. The third-order valence-corrected chi connectivity index (χ3v) is 2.58. The molecule has 1 aliphatic rings. The van der Waals surface area contributed by atoms with Crippen LogP contribution in [-0.2, 0) is 4.74 Å². The first-order valence-corrected chi connectivity index (χ1v) is 5.10. The van der Waals surface area contributed by atoms with Crippen LogP contribution in [0.1, 0.15) is 0 Å². The van der Waals surface area contributed by atoms with Crippen molar-refractivity contribution in [2.24, 2.45) is 5.73 Å². The monoisotopic (exact) mass is 412 g/mol. The third-order valence-electron chi connectivity index (χ3n) is 2.58. The number of rotatable bonds is 1. The summed E-state index contributed by atoms with van der Waals surface area (Å²) < 4.78 is 142. The summed E-state index contributed by atoms with van der Waals surface area (Å²) >= 11 is 0. The molecule has 0 atom stereocenters. The van der Waals surface area contributed by atoms with Gasteiger partial charge in [0.1, 0.15) is 0 Å². The van der Waals surface area contributed by atoms with Crippen molar-refractivity contribution in [3.63, 3.8) is 0 Å². The second-order valence-corrected chi connectivity index (χ2v) is 4.17. The number of hydrogen-bond donors (Lipinski definition) is 3. The highest BCUT2D eigenvalue weighted by Gasteiger charge is 2.80. The summed E-state index contributed by atoms with van der Waals surface area (Å²) in [5.74, 6) is 0. The van der Waals surface area contributed by atoms with Gasteiger partial charge in [0.15, 0.2) is 0 Å². The standard InChI is InChI=1S/C4H5F6NO.C4H2F6O.H3N.H2O/c5-3(6,7)2(12,1-11)4(8,9)10;5-3(6,7)2(1-11-2)4(8,9)10;;/h12H,1,11H2;1H2;1H3;1H2. The van der Waals surface area contributed by atoms with Gasteiger partial charge in [-0.05, 0) is 0 Å². The lowest BCUT2D eigenvalue weighted by atomic mass is 10.0. The van der Waals surface area contributed by atoms with Gasteiger partial charge in [-0.3, -0.25) is 0 Å². The Morgan fingerprint density at radius 3 is 1.04 bits per heavy atom. The van der Waals surface area contributed by atoms with Crippen LogP contribution in [0.3, 0.4) is 0 Å². The van der Waals surface area contributed by atoms with Gasteiger partial charge in [0.25, 0.3) is 11.2 Å². The van der Waals surface area contributed by atoms with Crippen LogP contribution in [0.2, 0.25) is 0 Å². The van der Waals surface area contributed by atoms with E-state index in [1.165, 1.54) is 0 Å². The Kier molecular flexibility index (Phi) is 8.84. The second-order valence-electron chi connectivity index (χ2n) is 4.17. The lowest BCUT2D eigenvalue weighted by Crippen LogP contribution is -2.61. The van der Waals surface area contributed by atoms with Gasteiger partial charge in [-0.25, -0.2) is 0 Å². The molecule has 0 amide bonds. The van der Waals surface area contributed by atoms with E-state index in [2.05, 4.69) is 10.5 Å². The number of epoxide rings is 1. The Morgan fingerprint density at radius 2 is 1.04 bits per heavy atom. The molecule has 0 aromatic rings. The number of aliphatic hydroxyl groups is 1. The van der Waals surface area contributed by atoms with Crippen LogP contribution >= 0.6 is 0 Å². The lowest BCUT2D eigenvalue weighted by Gasteiger charge is -2.30. The zero-order valence-electron chi connectivity index (χ0n) is 11.6. The van der Waals surface area contributed by atoms with Crippen LogP contribution in [-0.4, -0.2) is 59.6 Å². The first-order valence-electron chi connectivity index (χ1n) is 5.10. The quantitative estimate of drug-likeness (QED) is 0.450. The van der Waals surface area contributed by atoms with Crippen LogP contribution in [0.5, 0.6) is 0 Å². The average molecular weight is 412 g/mol. The Balaban J connectivity index is -0.000000359. The van der Waals surface area contributed by atoms with E-state index in [0.717, 1.165) is 0 Å². The number of nitrogens with two attached hydrogens (primary N) is 1. The molecule has 1 aliphatic heterocycles. The Hall–Kier alpha value is -1.04. The summed E-state index contributed by atoms with van der Waals surface area (Å²) in [6, 6.07) is 0. The molecular weight excluding hydrogens is 400 g/mol. The van der Waals surface area contributed by atoms with E-state index in [1.807, 2.05) is 0 Å². The van der Waals surface area contributed by atoms with Crippen LogP contribution in [0.4, 0.5) is 52.7 Å². The summed E-state index contributed by atoms with van der Waals surface area (Å²) in [5.41, 5.74) is -4.49. The Bertz CT molecular complexity index is 379. The maximum atomic E-state index is 11.6. The van der Waals surface area contributed by atoms with Gasteiger partial charge in [0.05, 0.1) is 6.61 Å². The van der Waals surface area contributed by atoms with Gasteiger partial charge in [-0.1, -0.05) is 0 Å². The van der Waals surface area contributed by atoms with Crippen molar-refractivity contribution in [1.82, 2.24) is 6.15 Å². The van der Waals surface area contributed by atoms with Gasteiger partial charge in [0, 0.05) is 6.54 Å². The van der Waals surface area contributed by atoms with Crippen molar-refractivity contribution in [2.75, 3.05) is 13.2 Å². The van der Waals surface area contributed by atoms with E-state index in [1.54, 1.807) is 0 Å². The highest BCUT2D eigenvalue weighted by molar-refractivity contribution is 5.05. The van der Waals surface area contributed by atoms with Crippen molar-refractivity contribution in [3.8, 4) is 0 Å². The molecule has 17 heteroatoms. The molecule has 8 N–H and O–H groups in total. The average Bonchev–Trinajstić information content (AvgIpc) is 3.04. The SMILES string of the molecule is FC(F)(F)C1(C(F)(F)F)CO1.N.NCC(O)(C(F)(F)F)C(F)(F)F.O. The molecular formula is C8H12F12N2O3. The Labute approximate surface area is 130 Å². The summed E-state index contributed by atoms with van der Waals surface area (Å²) in [5, 5.41) is 8.12. The second kappa shape index (κ2) is 7.68. The van der Waals surface area contributed by atoms with Crippen LogP contribution in [0.15, 0.2) is 0 Å². The Morgan fingerprint density at radius 1 is 0.800 bits per heavy atom. The summed E-state index contributed by atoms with van der Waals surface area (Å²) in [7, 11) is 0. The predicted molar refractivity (Wildman–Crippen MR) is 55.5 cm³/mol. The van der Waals surface area contributed by atoms with Crippen molar-refractivity contribution in [2.45, 2.75) is 35.9 Å². The molecule has 0 aliphatic carbocycles. The highest BCUT2D eigenvalue weighted by Crippen LogP contribution is 2.53. The maximum Gasteiger partial charge on any atom is 0.428 e. The molecule has 5 nitrogen and oxygen atoms in total. The molecule has 0 radical (unpaired) electrons. The fourth-order valence-corrected chi connectivity index (χ4v) is 0.952. The topological polar surface area (TPSA) is 125 Å². The lowest BCUT2D eigenvalue weighted by molar-refractivity contribution is -0.363. The maximum absolute atomic E-state index is 11.6. The third kappa shape index (κ3) is 5.47. The van der Waals surface area contributed by atoms with Crippen molar-refractivity contribution < 1.29 is 68.0 Å². The molecule has 1 fully saturated rings. The molecule has 1 heterocycles. The van der Waals surface area contributed by atoms with Crippen molar-refractivity contribution >= 4 is 0 Å². The number of hydrogen-bond acceptors (Lipinski definition) is 4. The molecule has 25 heavy (non-hydrogen) atoms. The molecule has 0 spiro atoms. The minimum Gasteiger partial charge on any atom is -0.412 e. The fraction of sp³-hybridized carbons (Fsp3) is 1.00. The van der Waals surface area contributed by atoms with Crippen LogP contribution in [0.25, 0.3) is 0 Å². The zero-order chi connectivity index (χ0) is 19.1. The molecule has 0 aromatic carbocycles. The van der Waals surface area contributed by atoms with E-state index in [0.29, 0.717) is 0 Å². The predicted octanol–water partition coefficient (Wildman–Crippen LogP) is 2.02. The summed E-state index contributed by atoms with van der Waals surface area (Å²) in [6.07, 6.45) is -22.3. The van der Waals surface area contributed by atoms with E-state index in [4.69, 9.17) is 5.11 Å². The van der Waals surface area contributed by atoms with Gasteiger partial charge in [0.2, 0.25) is 0 Å².